The van der Waals surface area contributed by atoms with E-state index in [0.29, 0.717) is 12.8 Å². The Bertz CT molecular complexity index is 687. The fourth-order valence-electron chi connectivity index (χ4n) is 2.68. The minimum absolute atomic E-state index is 0.270. The molecule has 0 spiro atoms. The van der Waals surface area contributed by atoms with E-state index in [1.807, 2.05) is 35.7 Å². The Morgan fingerprint density at radius 2 is 1.96 bits per heavy atom. The number of nitrogens with one attached hydrogen (secondary N) is 1. The molecule has 0 unspecified atom stereocenters. The van der Waals surface area contributed by atoms with Gasteiger partial charge in [0, 0.05) is 4.88 Å². The molecule has 4 nitrogen and oxygen atoms in total. The second-order valence-corrected chi connectivity index (χ2v) is 7.26. The van der Waals surface area contributed by atoms with Crippen molar-refractivity contribution in [1.82, 2.24) is 5.32 Å². The van der Waals surface area contributed by atoms with Crippen molar-refractivity contribution in [2.75, 3.05) is 13.2 Å². The van der Waals surface area contributed by atoms with Gasteiger partial charge in [-0.25, -0.2) is 8.78 Å². The molecule has 142 valence electrons. The van der Waals surface area contributed by atoms with E-state index in [0.717, 1.165) is 18.1 Å². The zero-order valence-corrected chi connectivity index (χ0v) is 15.3. The Hall–Kier alpha value is -1.67. The predicted octanol–water partition coefficient (Wildman–Crippen LogP) is 2.88. The maximum atomic E-state index is 13.0. The molecule has 26 heavy (non-hydrogen) atoms. The monoisotopic (exact) mass is 383 g/mol. The number of Topliss-reactive ketones (excluding diaryl/α,β-unsaturated/α-hetero) is 1. The number of hydrogen-bond acceptors (Lipinski definition) is 5. The maximum absolute atomic E-state index is 13.0. The average Bonchev–Trinajstić information content (AvgIpc) is 3.16. The van der Waals surface area contributed by atoms with E-state index in [-0.39, 0.29) is 6.54 Å². The Labute approximate surface area is 155 Å². The molecule has 0 aliphatic rings. The first-order chi connectivity index (χ1) is 12.4. The number of carbonyl (C=O) groups excluding carboxylic acids is 1. The van der Waals surface area contributed by atoms with Gasteiger partial charge in [-0.05, 0) is 48.9 Å². The van der Waals surface area contributed by atoms with Gasteiger partial charge in [0.15, 0.2) is 5.78 Å². The van der Waals surface area contributed by atoms with Crippen LogP contribution in [0.2, 0.25) is 0 Å². The van der Waals surface area contributed by atoms with E-state index in [9.17, 15) is 18.7 Å². The molecule has 0 aliphatic heterocycles. The zero-order valence-electron chi connectivity index (χ0n) is 14.5. The number of thiophene rings is 1. The SMILES string of the molecule is C[C@@](O)(C(F)F)[C@H](NCCCc1ccc(-c2cccs2)cc1)C(=O)CO. The first-order valence-electron chi connectivity index (χ1n) is 8.36. The molecule has 0 aliphatic carbocycles. The van der Waals surface area contributed by atoms with E-state index >= 15 is 0 Å². The fraction of sp³-hybridized carbons (Fsp3) is 0.421. The number of aryl methyl sites for hydroxylation is 1. The third-order valence-electron chi connectivity index (χ3n) is 4.25. The van der Waals surface area contributed by atoms with Crippen molar-refractivity contribution in [2.45, 2.75) is 37.8 Å². The largest absolute Gasteiger partial charge is 0.389 e. The van der Waals surface area contributed by atoms with E-state index < -0.39 is 30.5 Å². The molecule has 0 fully saturated rings. The summed E-state index contributed by atoms with van der Waals surface area (Å²) in [6, 6.07) is 10.6. The normalized spacial score (nSPS) is 15.0. The number of aliphatic hydroxyl groups is 2. The van der Waals surface area contributed by atoms with Gasteiger partial charge in [0.1, 0.15) is 18.2 Å². The van der Waals surface area contributed by atoms with Crippen LogP contribution in [0, 0.1) is 0 Å². The lowest BCUT2D eigenvalue weighted by Crippen LogP contribution is -2.58. The molecule has 2 atom stereocenters. The highest BCUT2D eigenvalue weighted by molar-refractivity contribution is 7.13. The van der Waals surface area contributed by atoms with Crippen molar-refractivity contribution >= 4 is 17.1 Å². The molecule has 0 amide bonds. The second-order valence-electron chi connectivity index (χ2n) is 6.32. The molecule has 0 saturated carbocycles. The number of alkyl halides is 2. The summed E-state index contributed by atoms with van der Waals surface area (Å²) >= 11 is 1.67. The van der Waals surface area contributed by atoms with Crippen LogP contribution in [0.4, 0.5) is 8.78 Å². The molecule has 0 saturated heterocycles. The van der Waals surface area contributed by atoms with Crippen LogP contribution in [0.5, 0.6) is 0 Å². The van der Waals surface area contributed by atoms with E-state index in [1.165, 1.54) is 4.88 Å². The molecule has 2 rings (SSSR count). The minimum atomic E-state index is -3.10. The smallest absolute Gasteiger partial charge is 0.268 e. The van der Waals surface area contributed by atoms with Crippen molar-refractivity contribution in [3.05, 3.63) is 47.3 Å². The van der Waals surface area contributed by atoms with E-state index in [2.05, 4.69) is 11.4 Å². The number of carbonyl (C=O) groups is 1. The number of rotatable bonds is 10. The Morgan fingerprint density at radius 3 is 2.50 bits per heavy atom. The lowest BCUT2D eigenvalue weighted by Gasteiger charge is -2.31. The molecule has 1 heterocycles. The zero-order chi connectivity index (χ0) is 19.2. The quantitative estimate of drug-likeness (QED) is 0.552. The highest BCUT2D eigenvalue weighted by atomic mass is 32.1. The van der Waals surface area contributed by atoms with Crippen LogP contribution in [0.15, 0.2) is 41.8 Å². The average molecular weight is 383 g/mol. The van der Waals surface area contributed by atoms with Crippen LogP contribution in [0.25, 0.3) is 10.4 Å². The van der Waals surface area contributed by atoms with Gasteiger partial charge in [0.05, 0.1) is 0 Å². The first kappa shape index (κ1) is 20.6. The molecule has 7 heteroatoms. The molecule has 2 aromatic rings. The van der Waals surface area contributed by atoms with Crippen molar-refractivity contribution in [1.29, 1.82) is 0 Å². The van der Waals surface area contributed by atoms with Crippen LogP contribution < -0.4 is 5.32 Å². The van der Waals surface area contributed by atoms with Crippen LogP contribution in [0.3, 0.4) is 0 Å². The summed E-state index contributed by atoms with van der Waals surface area (Å²) in [5, 5.41) is 23.5. The lowest BCUT2D eigenvalue weighted by atomic mass is 9.93. The molecule has 3 N–H and O–H groups in total. The molecule has 0 bridgehead atoms. The van der Waals surface area contributed by atoms with Crippen LogP contribution >= 0.6 is 11.3 Å². The molecule has 0 radical (unpaired) electrons. The lowest BCUT2D eigenvalue weighted by molar-refractivity contribution is -0.143. The van der Waals surface area contributed by atoms with Gasteiger partial charge in [-0.2, -0.15) is 0 Å². The molecular weight excluding hydrogens is 360 g/mol. The maximum Gasteiger partial charge on any atom is 0.268 e. The number of aliphatic hydroxyl groups excluding tert-OH is 1. The Kier molecular flexibility index (Phi) is 7.40. The Balaban J connectivity index is 1.87. The number of ketones is 1. The van der Waals surface area contributed by atoms with Crippen molar-refractivity contribution in [3.63, 3.8) is 0 Å². The van der Waals surface area contributed by atoms with Gasteiger partial charge >= 0.3 is 0 Å². The molecule has 1 aromatic carbocycles. The summed E-state index contributed by atoms with van der Waals surface area (Å²) in [5.74, 6) is -0.851. The summed E-state index contributed by atoms with van der Waals surface area (Å²) in [6.45, 7) is 0.267. The van der Waals surface area contributed by atoms with Crippen molar-refractivity contribution in [3.8, 4) is 10.4 Å². The van der Waals surface area contributed by atoms with Crippen LogP contribution in [0.1, 0.15) is 18.9 Å². The third-order valence-corrected chi connectivity index (χ3v) is 5.17. The molecular formula is C19H23F2NO3S. The third kappa shape index (κ3) is 5.17. The minimum Gasteiger partial charge on any atom is -0.389 e. The summed E-state index contributed by atoms with van der Waals surface area (Å²) < 4.78 is 25.9. The second kappa shape index (κ2) is 9.32. The van der Waals surface area contributed by atoms with Gasteiger partial charge in [0.2, 0.25) is 0 Å². The standard InChI is InChI=1S/C19H23F2NO3S/c1-19(25,18(20)21)17(15(24)12-23)22-10-2-4-13-6-8-14(9-7-13)16-5-3-11-26-16/h3,5-9,11,17-18,22-23,25H,2,4,10,12H2,1H3/t17-,19+/m1/s1. The summed E-state index contributed by atoms with van der Waals surface area (Å²) in [5.41, 5.74) is -0.288. The highest BCUT2D eigenvalue weighted by Gasteiger charge is 2.44. The first-order valence-corrected chi connectivity index (χ1v) is 9.24. The van der Waals surface area contributed by atoms with E-state index in [1.54, 1.807) is 11.3 Å². The van der Waals surface area contributed by atoms with Gasteiger partial charge in [0.25, 0.3) is 6.43 Å². The topological polar surface area (TPSA) is 69.6 Å². The van der Waals surface area contributed by atoms with Gasteiger partial charge in [-0.3, -0.25) is 4.79 Å². The predicted molar refractivity (Wildman–Crippen MR) is 98.6 cm³/mol. The van der Waals surface area contributed by atoms with Crippen LogP contribution in [-0.2, 0) is 11.2 Å². The summed E-state index contributed by atoms with van der Waals surface area (Å²) in [6.07, 6.45) is -1.79. The summed E-state index contributed by atoms with van der Waals surface area (Å²) in [7, 11) is 0. The summed E-state index contributed by atoms with van der Waals surface area (Å²) in [4.78, 5) is 12.9. The number of hydrogen-bond donors (Lipinski definition) is 3. The van der Waals surface area contributed by atoms with Crippen molar-refractivity contribution in [2.24, 2.45) is 0 Å². The fourth-order valence-corrected chi connectivity index (χ4v) is 3.41. The van der Waals surface area contributed by atoms with Crippen LogP contribution in [-0.4, -0.2) is 47.2 Å². The number of halogens is 2. The van der Waals surface area contributed by atoms with Gasteiger partial charge in [-0.1, -0.05) is 30.3 Å². The molecule has 1 aromatic heterocycles. The van der Waals surface area contributed by atoms with Gasteiger partial charge < -0.3 is 15.5 Å². The number of benzene rings is 1. The highest BCUT2D eigenvalue weighted by Crippen LogP contribution is 2.25. The van der Waals surface area contributed by atoms with Gasteiger partial charge in [-0.15, -0.1) is 11.3 Å². The Morgan fingerprint density at radius 1 is 1.27 bits per heavy atom. The van der Waals surface area contributed by atoms with E-state index in [4.69, 9.17) is 5.11 Å². The van der Waals surface area contributed by atoms with Crippen molar-refractivity contribution < 1.29 is 23.8 Å².